The van der Waals surface area contributed by atoms with Gasteiger partial charge in [-0.2, -0.15) is 14.7 Å². The first-order valence-electron chi connectivity index (χ1n) is 11.2. The van der Waals surface area contributed by atoms with Crippen LogP contribution in [-0.2, 0) is 17.1 Å². The lowest BCUT2D eigenvalue weighted by molar-refractivity contribution is 0.330. The second-order valence-corrected chi connectivity index (χ2v) is 10.5. The van der Waals surface area contributed by atoms with Crippen molar-refractivity contribution in [1.29, 1.82) is 5.26 Å². The maximum absolute atomic E-state index is 14.3. The van der Waals surface area contributed by atoms with Crippen molar-refractivity contribution in [3.63, 3.8) is 0 Å². The Bertz CT molecular complexity index is 1550. The molecule has 1 fully saturated rings. The molecular formula is C25H23FN6O2S. The van der Waals surface area contributed by atoms with E-state index in [9.17, 15) is 12.8 Å². The van der Waals surface area contributed by atoms with Gasteiger partial charge in [-0.05, 0) is 59.7 Å². The molecule has 35 heavy (non-hydrogen) atoms. The molecule has 10 heteroatoms. The van der Waals surface area contributed by atoms with Gasteiger partial charge < -0.3 is 5.32 Å². The topological polar surface area (TPSA) is 104 Å². The summed E-state index contributed by atoms with van der Waals surface area (Å²) < 4.78 is 43.1. The summed E-state index contributed by atoms with van der Waals surface area (Å²) in [7, 11) is -1.88. The fraction of sp³-hybridized carbons (Fsp3) is 0.240. The zero-order valence-corrected chi connectivity index (χ0v) is 19.8. The fourth-order valence-electron chi connectivity index (χ4n) is 4.41. The van der Waals surface area contributed by atoms with Crippen molar-refractivity contribution in [1.82, 2.24) is 19.1 Å². The van der Waals surface area contributed by atoms with Gasteiger partial charge >= 0.3 is 0 Å². The van der Waals surface area contributed by atoms with Crippen LogP contribution in [0.2, 0.25) is 0 Å². The number of nitrogens with one attached hydrogen (secondary N) is 1. The van der Waals surface area contributed by atoms with Crippen molar-refractivity contribution in [3.8, 4) is 17.2 Å². The Hall–Kier alpha value is -3.81. The molecule has 0 spiro atoms. The van der Waals surface area contributed by atoms with Gasteiger partial charge in [0.1, 0.15) is 16.8 Å². The highest BCUT2D eigenvalue weighted by molar-refractivity contribution is 7.89. The van der Waals surface area contributed by atoms with Crippen molar-refractivity contribution in [3.05, 3.63) is 72.6 Å². The lowest BCUT2D eigenvalue weighted by Crippen LogP contribution is -2.42. The van der Waals surface area contributed by atoms with Gasteiger partial charge in [-0.1, -0.05) is 6.07 Å². The van der Waals surface area contributed by atoms with Crippen molar-refractivity contribution in [2.24, 2.45) is 7.05 Å². The summed E-state index contributed by atoms with van der Waals surface area (Å²) in [5, 5.41) is 18.4. The van der Waals surface area contributed by atoms with Crippen LogP contribution in [0.4, 0.5) is 10.1 Å². The van der Waals surface area contributed by atoms with Crippen LogP contribution in [-0.4, -0.2) is 46.6 Å². The van der Waals surface area contributed by atoms with E-state index in [1.165, 1.54) is 33.5 Å². The Labute approximate surface area is 202 Å². The van der Waals surface area contributed by atoms with Gasteiger partial charge in [0.2, 0.25) is 10.0 Å². The number of fused-ring (bicyclic) bond motifs is 1. The zero-order valence-electron chi connectivity index (χ0n) is 19.0. The molecule has 0 saturated carbocycles. The van der Waals surface area contributed by atoms with Gasteiger partial charge in [-0.3, -0.25) is 9.67 Å². The third kappa shape index (κ3) is 4.48. The molecule has 0 unspecified atom stereocenters. The number of halogens is 1. The smallest absolute Gasteiger partial charge is 0.246 e. The van der Waals surface area contributed by atoms with Crippen LogP contribution in [0.3, 0.4) is 0 Å². The van der Waals surface area contributed by atoms with Gasteiger partial charge in [0.15, 0.2) is 0 Å². The van der Waals surface area contributed by atoms with Crippen LogP contribution in [0.5, 0.6) is 0 Å². The van der Waals surface area contributed by atoms with Crippen LogP contribution in [0.25, 0.3) is 21.9 Å². The van der Waals surface area contributed by atoms with Crippen LogP contribution in [0.1, 0.15) is 18.4 Å². The molecule has 4 aromatic rings. The molecule has 1 aliphatic heterocycles. The predicted octanol–water partition coefficient (Wildman–Crippen LogP) is 3.91. The summed E-state index contributed by atoms with van der Waals surface area (Å²) in [6.07, 6.45) is 7.64. The molecule has 178 valence electrons. The van der Waals surface area contributed by atoms with Crippen LogP contribution >= 0.6 is 0 Å². The zero-order chi connectivity index (χ0) is 24.6. The number of nitrogens with zero attached hydrogens (tertiary/aromatic N) is 5. The third-order valence-corrected chi connectivity index (χ3v) is 8.16. The molecule has 1 aliphatic rings. The Kier molecular flexibility index (Phi) is 5.96. The number of hydrogen-bond donors (Lipinski definition) is 1. The van der Waals surface area contributed by atoms with Crippen LogP contribution in [0.15, 0.2) is 66.1 Å². The van der Waals surface area contributed by atoms with Crippen molar-refractivity contribution < 1.29 is 12.8 Å². The lowest BCUT2D eigenvalue weighted by Gasteiger charge is -2.32. The molecule has 1 N–H and O–H groups in total. The first kappa shape index (κ1) is 23.0. The number of hydrogen-bond acceptors (Lipinski definition) is 6. The second-order valence-electron chi connectivity index (χ2n) is 8.60. The Morgan fingerprint density at radius 3 is 2.60 bits per heavy atom. The minimum Gasteiger partial charge on any atom is -0.382 e. The van der Waals surface area contributed by atoms with E-state index >= 15 is 0 Å². The van der Waals surface area contributed by atoms with E-state index in [0.717, 1.165) is 22.0 Å². The fourth-order valence-corrected chi connectivity index (χ4v) is 5.87. The molecule has 2 aromatic carbocycles. The summed E-state index contributed by atoms with van der Waals surface area (Å²) >= 11 is 0. The van der Waals surface area contributed by atoms with Gasteiger partial charge in [0.25, 0.3) is 0 Å². The molecule has 0 radical (unpaired) electrons. The number of nitriles is 1. The minimum absolute atomic E-state index is 0.00471. The maximum atomic E-state index is 14.3. The molecule has 3 heterocycles. The van der Waals surface area contributed by atoms with Gasteiger partial charge in [-0.15, -0.1) is 0 Å². The number of sulfonamides is 1. The number of pyridine rings is 1. The van der Waals surface area contributed by atoms with E-state index in [2.05, 4.69) is 15.4 Å². The van der Waals surface area contributed by atoms with Crippen molar-refractivity contribution in [2.45, 2.75) is 23.8 Å². The second kappa shape index (κ2) is 9.09. The van der Waals surface area contributed by atoms with Crippen LogP contribution in [0, 0.1) is 17.1 Å². The molecule has 0 amide bonds. The van der Waals surface area contributed by atoms with Crippen molar-refractivity contribution in [2.75, 3.05) is 18.4 Å². The van der Waals surface area contributed by atoms with E-state index in [1.807, 2.05) is 24.3 Å². The highest BCUT2D eigenvalue weighted by atomic mass is 32.2. The largest absolute Gasteiger partial charge is 0.382 e. The molecule has 0 aliphatic carbocycles. The third-order valence-electron chi connectivity index (χ3n) is 6.31. The van der Waals surface area contributed by atoms with E-state index in [0.29, 0.717) is 31.5 Å². The Morgan fingerprint density at radius 1 is 1.11 bits per heavy atom. The summed E-state index contributed by atoms with van der Waals surface area (Å²) in [5.41, 5.74) is 2.33. The molecule has 0 bridgehead atoms. The number of anilines is 1. The summed E-state index contributed by atoms with van der Waals surface area (Å²) in [5.74, 6) is -0.559. The standard InChI is InChI=1S/C25H23FN6O2S/c1-31-16-22(14-29-31)35(33,34)32-8-5-21(6-9-32)30-25-12-20(10-18-4-7-28-15-23(18)25)17-2-3-19(13-27)24(26)11-17/h2-4,7,10-12,14-16,21,30H,5-6,8-9H2,1H3. The number of aromatic nitrogens is 3. The van der Waals surface area contributed by atoms with Crippen LogP contribution < -0.4 is 5.32 Å². The van der Waals surface area contributed by atoms with E-state index < -0.39 is 15.8 Å². The number of aryl methyl sites for hydroxylation is 1. The van der Waals surface area contributed by atoms with Gasteiger partial charge in [0.05, 0.1) is 11.8 Å². The number of rotatable bonds is 5. The molecule has 5 rings (SSSR count). The number of benzene rings is 2. The highest BCUT2D eigenvalue weighted by Gasteiger charge is 2.30. The normalized spacial score (nSPS) is 15.2. The minimum atomic E-state index is -3.57. The Morgan fingerprint density at radius 2 is 1.91 bits per heavy atom. The van der Waals surface area contributed by atoms with E-state index in [4.69, 9.17) is 5.26 Å². The average Bonchev–Trinajstić information content (AvgIpc) is 3.31. The molecule has 0 atom stereocenters. The van der Waals surface area contributed by atoms with Gasteiger partial charge in [0, 0.05) is 55.8 Å². The molecule has 2 aromatic heterocycles. The monoisotopic (exact) mass is 490 g/mol. The van der Waals surface area contributed by atoms with Gasteiger partial charge in [-0.25, -0.2) is 12.8 Å². The predicted molar refractivity (Wildman–Crippen MR) is 130 cm³/mol. The molecule has 1 saturated heterocycles. The first-order chi connectivity index (χ1) is 16.8. The average molecular weight is 491 g/mol. The maximum Gasteiger partial charge on any atom is 0.246 e. The number of piperidine rings is 1. The Balaban J connectivity index is 1.39. The summed E-state index contributed by atoms with van der Waals surface area (Å²) in [4.78, 5) is 4.45. The quantitative estimate of drug-likeness (QED) is 0.455. The van der Waals surface area contributed by atoms with E-state index in [1.54, 1.807) is 25.5 Å². The SMILES string of the molecule is Cn1cc(S(=O)(=O)N2CCC(Nc3cc(-c4ccc(C#N)c(F)c4)cc4ccncc34)CC2)cn1. The first-order valence-corrected chi connectivity index (χ1v) is 12.6. The molecular weight excluding hydrogens is 467 g/mol. The van der Waals surface area contributed by atoms with Crippen molar-refractivity contribution >= 4 is 26.5 Å². The summed E-state index contributed by atoms with van der Waals surface area (Å²) in [6.45, 7) is 0.789. The summed E-state index contributed by atoms with van der Waals surface area (Å²) in [6, 6.07) is 12.3. The highest BCUT2D eigenvalue weighted by Crippen LogP contribution is 2.33. The lowest BCUT2D eigenvalue weighted by atomic mass is 9.98. The van der Waals surface area contributed by atoms with E-state index in [-0.39, 0.29) is 16.5 Å². The molecule has 8 nitrogen and oxygen atoms in total.